The molecule has 0 atom stereocenters. The van der Waals surface area contributed by atoms with Gasteiger partial charge in [0, 0.05) is 13.1 Å². The van der Waals surface area contributed by atoms with E-state index in [2.05, 4.69) is 72.6 Å². The van der Waals surface area contributed by atoms with Crippen LogP contribution in [0, 0.1) is 0 Å². The van der Waals surface area contributed by atoms with E-state index >= 15 is 0 Å². The number of rotatable bonds is 5. The Morgan fingerprint density at radius 2 is 1.22 bits per heavy atom. The molecule has 0 amide bonds. The van der Waals surface area contributed by atoms with Crippen LogP contribution < -0.4 is 0 Å². The van der Waals surface area contributed by atoms with Crippen molar-refractivity contribution in [3.05, 3.63) is 83.4 Å². The Hall–Kier alpha value is -1.67. The third kappa shape index (κ3) is 3.67. The summed E-state index contributed by atoms with van der Waals surface area (Å²) in [6, 6.07) is 20.7. The van der Waals surface area contributed by atoms with Crippen LogP contribution >= 0.6 is 12.6 Å². The highest BCUT2D eigenvalue weighted by atomic mass is 32.1. The van der Waals surface area contributed by atoms with E-state index in [0.717, 1.165) is 18.1 Å². The molecule has 0 aromatic heterocycles. The first kappa shape index (κ1) is 12.8. The Labute approximate surface area is 114 Å². The molecule has 0 aliphatic carbocycles. The summed E-state index contributed by atoms with van der Waals surface area (Å²) in [5.41, 5.74) is 2.53. The fourth-order valence-electron chi connectivity index (χ4n) is 1.85. The summed E-state index contributed by atoms with van der Waals surface area (Å²) in [5.74, 6) is 0. The highest BCUT2D eigenvalue weighted by Crippen LogP contribution is 2.16. The quantitative estimate of drug-likeness (QED) is 0.788. The van der Waals surface area contributed by atoms with E-state index in [0.29, 0.717) is 0 Å². The Morgan fingerprint density at radius 1 is 0.833 bits per heavy atom. The summed E-state index contributed by atoms with van der Waals surface area (Å²) in [6.45, 7) is 5.60. The lowest BCUT2D eigenvalue weighted by Crippen LogP contribution is -2.19. The maximum absolute atomic E-state index is 4.39. The average Bonchev–Trinajstić information content (AvgIpc) is 2.40. The number of nitrogens with zero attached hydrogens (tertiary/aromatic N) is 1. The minimum atomic E-state index is 0.794. The van der Waals surface area contributed by atoms with Gasteiger partial charge in [-0.1, -0.05) is 67.2 Å². The summed E-state index contributed by atoms with van der Waals surface area (Å²) in [7, 11) is 0. The molecule has 0 fully saturated rings. The molecule has 0 saturated carbocycles. The van der Waals surface area contributed by atoms with Gasteiger partial charge in [-0.15, -0.1) is 12.6 Å². The molecule has 92 valence electrons. The second-order valence-corrected chi connectivity index (χ2v) is 4.76. The van der Waals surface area contributed by atoms with E-state index in [4.69, 9.17) is 0 Å². The third-order valence-electron chi connectivity index (χ3n) is 2.80. The van der Waals surface area contributed by atoms with Crippen molar-refractivity contribution in [3.63, 3.8) is 0 Å². The van der Waals surface area contributed by atoms with Gasteiger partial charge in [0.05, 0.1) is 5.03 Å². The molecule has 0 aliphatic rings. The zero-order chi connectivity index (χ0) is 12.8. The minimum absolute atomic E-state index is 0.794. The monoisotopic (exact) mass is 255 g/mol. The normalized spacial score (nSPS) is 10.1. The number of benzene rings is 2. The lowest BCUT2D eigenvalue weighted by molar-refractivity contribution is 0.354. The van der Waals surface area contributed by atoms with Crippen molar-refractivity contribution in [2.24, 2.45) is 0 Å². The number of hydrogen-bond acceptors (Lipinski definition) is 2. The van der Waals surface area contributed by atoms with Crippen molar-refractivity contribution >= 4 is 12.6 Å². The van der Waals surface area contributed by atoms with Gasteiger partial charge >= 0.3 is 0 Å². The lowest BCUT2D eigenvalue weighted by Gasteiger charge is -2.24. The maximum atomic E-state index is 4.39. The Morgan fingerprint density at radius 3 is 1.56 bits per heavy atom. The predicted octanol–water partition coefficient (Wildman–Crippen LogP) is 4.09. The zero-order valence-electron chi connectivity index (χ0n) is 10.3. The van der Waals surface area contributed by atoms with Crippen LogP contribution in [0.25, 0.3) is 0 Å². The van der Waals surface area contributed by atoms with E-state index in [1.807, 2.05) is 12.1 Å². The average molecular weight is 255 g/mol. The summed E-state index contributed by atoms with van der Waals surface area (Å²) >= 11 is 4.39. The van der Waals surface area contributed by atoms with E-state index in [9.17, 15) is 0 Å². The molecule has 0 heterocycles. The fourth-order valence-corrected chi connectivity index (χ4v) is 1.99. The minimum Gasteiger partial charge on any atom is -0.358 e. The first-order chi connectivity index (χ1) is 8.75. The second kappa shape index (κ2) is 6.31. The molecule has 0 aliphatic heterocycles. The Kier molecular flexibility index (Phi) is 4.48. The van der Waals surface area contributed by atoms with Gasteiger partial charge < -0.3 is 4.90 Å². The van der Waals surface area contributed by atoms with Crippen LogP contribution in [-0.2, 0) is 13.1 Å². The Bertz CT molecular complexity index is 452. The zero-order valence-corrected chi connectivity index (χ0v) is 11.2. The van der Waals surface area contributed by atoms with E-state index in [1.54, 1.807) is 0 Å². The first-order valence-electron chi connectivity index (χ1n) is 5.96. The van der Waals surface area contributed by atoms with E-state index < -0.39 is 0 Å². The van der Waals surface area contributed by atoms with Gasteiger partial charge in [0.25, 0.3) is 0 Å². The van der Waals surface area contributed by atoms with Crippen LogP contribution in [0.4, 0.5) is 0 Å². The van der Waals surface area contributed by atoms with Crippen molar-refractivity contribution in [2.45, 2.75) is 13.1 Å². The van der Waals surface area contributed by atoms with Gasteiger partial charge in [0.15, 0.2) is 0 Å². The molecule has 0 N–H and O–H groups in total. The van der Waals surface area contributed by atoms with Gasteiger partial charge in [0.2, 0.25) is 0 Å². The van der Waals surface area contributed by atoms with E-state index in [-0.39, 0.29) is 0 Å². The molecule has 2 heteroatoms. The summed E-state index contributed by atoms with van der Waals surface area (Å²) in [4.78, 5) is 2.16. The highest BCUT2D eigenvalue weighted by molar-refractivity contribution is 7.84. The Balaban J connectivity index is 2.08. The van der Waals surface area contributed by atoms with Gasteiger partial charge in [-0.05, 0) is 11.1 Å². The third-order valence-corrected chi connectivity index (χ3v) is 3.08. The molecule has 2 aromatic carbocycles. The van der Waals surface area contributed by atoms with E-state index in [1.165, 1.54) is 11.1 Å². The van der Waals surface area contributed by atoms with Gasteiger partial charge in [0.1, 0.15) is 0 Å². The van der Waals surface area contributed by atoms with Crippen LogP contribution in [0.3, 0.4) is 0 Å². The van der Waals surface area contributed by atoms with Crippen molar-refractivity contribution < 1.29 is 0 Å². The van der Waals surface area contributed by atoms with Crippen LogP contribution in [0.2, 0.25) is 0 Å². The van der Waals surface area contributed by atoms with Crippen molar-refractivity contribution in [1.29, 1.82) is 0 Å². The summed E-state index contributed by atoms with van der Waals surface area (Å²) in [6.07, 6.45) is 0. The number of thiol groups is 1. The molecule has 1 nitrogen and oxygen atoms in total. The molecule has 0 saturated heterocycles. The fraction of sp³-hybridized carbons (Fsp3) is 0.125. The molecule has 18 heavy (non-hydrogen) atoms. The van der Waals surface area contributed by atoms with Crippen LogP contribution in [0.5, 0.6) is 0 Å². The summed E-state index contributed by atoms with van der Waals surface area (Å²) in [5, 5.41) is 0.794. The van der Waals surface area contributed by atoms with Crippen molar-refractivity contribution in [1.82, 2.24) is 4.90 Å². The molecule has 0 bridgehead atoms. The van der Waals surface area contributed by atoms with Gasteiger partial charge in [-0.2, -0.15) is 0 Å². The maximum Gasteiger partial charge on any atom is 0.0609 e. The molecule has 2 aromatic rings. The molecule has 2 rings (SSSR count). The molecule has 0 unspecified atom stereocenters. The highest BCUT2D eigenvalue weighted by Gasteiger charge is 2.06. The summed E-state index contributed by atoms with van der Waals surface area (Å²) < 4.78 is 0. The van der Waals surface area contributed by atoms with Crippen molar-refractivity contribution in [3.8, 4) is 0 Å². The smallest absolute Gasteiger partial charge is 0.0609 e. The van der Waals surface area contributed by atoms with Gasteiger partial charge in [-0.25, -0.2) is 0 Å². The number of hydrogen-bond donors (Lipinski definition) is 1. The van der Waals surface area contributed by atoms with Crippen LogP contribution in [0.15, 0.2) is 72.3 Å². The van der Waals surface area contributed by atoms with Crippen LogP contribution in [0.1, 0.15) is 11.1 Å². The van der Waals surface area contributed by atoms with Crippen molar-refractivity contribution in [2.75, 3.05) is 0 Å². The largest absolute Gasteiger partial charge is 0.358 e. The lowest BCUT2D eigenvalue weighted by atomic mass is 10.2. The molecular formula is C16H17NS. The first-order valence-corrected chi connectivity index (χ1v) is 6.41. The molecule has 0 spiro atoms. The molecule has 0 radical (unpaired) electrons. The van der Waals surface area contributed by atoms with Crippen LogP contribution in [-0.4, -0.2) is 4.90 Å². The predicted molar refractivity (Wildman–Crippen MR) is 80.3 cm³/mol. The SMILES string of the molecule is C=C(S)N(Cc1ccccc1)Cc1ccccc1. The second-order valence-electron chi connectivity index (χ2n) is 4.24. The molecular weight excluding hydrogens is 238 g/mol. The standard InChI is InChI=1S/C16H17NS/c1-14(18)17(12-15-8-4-2-5-9-15)13-16-10-6-3-7-11-16/h2-11,18H,1,12-13H2. The van der Waals surface area contributed by atoms with Gasteiger partial charge in [-0.3, -0.25) is 0 Å². The topological polar surface area (TPSA) is 3.24 Å².